The van der Waals surface area contributed by atoms with Crippen molar-refractivity contribution < 1.29 is 27.2 Å². The molecule has 0 radical (unpaired) electrons. The normalized spacial score (nSPS) is 14.4. The first kappa shape index (κ1) is 26.7. The van der Waals surface area contributed by atoms with Gasteiger partial charge in [-0.1, -0.05) is 5.21 Å². The van der Waals surface area contributed by atoms with E-state index in [1.165, 1.54) is 25.3 Å². The topological polar surface area (TPSA) is 114 Å². The summed E-state index contributed by atoms with van der Waals surface area (Å²) >= 11 is 3.18. The van der Waals surface area contributed by atoms with Crippen LogP contribution in [0.15, 0.2) is 47.2 Å². The summed E-state index contributed by atoms with van der Waals surface area (Å²) in [5.74, 6) is -0.933. The third kappa shape index (κ3) is 6.08. The summed E-state index contributed by atoms with van der Waals surface area (Å²) in [6.45, 7) is 2.17. The number of nitrogens with zero attached hydrogens (tertiary/aromatic N) is 7. The van der Waals surface area contributed by atoms with Gasteiger partial charge in [-0.3, -0.25) is 4.68 Å². The number of aromatic nitrogens is 6. The summed E-state index contributed by atoms with van der Waals surface area (Å²) < 4.78 is 64.3. The monoisotopic (exact) mass is 609 g/mol. The number of benzene rings is 1. The van der Waals surface area contributed by atoms with Crippen LogP contribution in [0.3, 0.4) is 0 Å². The fourth-order valence-electron chi connectivity index (χ4n) is 4.09. The van der Waals surface area contributed by atoms with E-state index in [1.54, 1.807) is 10.9 Å². The van der Waals surface area contributed by atoms with Crippen molar-refractivity contribution >= 4 is 21.7 Å². The third-order valence-electron chi connectivity index (χ3n) is 6.10. The van der Waals surface area contributed by atoms with Crippen LogP contribution in [0.2, 0.25) is 0 Å². The maximum atomic E-state index is 14.4. The first-order valence-electron chi connectivity index (χ1n) is 11.8. The van der Waals surface area contributed by atoms with Crippen molar-refractivity contribution in [2.24, 2.45) is 5.92 Å². The van der Waals surface area contributed by atoms with E-state index < -0.39 is 34.5 Å². The Balaban J connectivity index is 1.53. The van der Waals surface area contributed by atoms with Crippen molar-refractivity contribution in [1.82, 2.24) is 29.8 Å². The largest absolute Gasteiger partial charge is 0.478 e. The molecule has 1 aromatic carbocycles. The molecule has 1 fully saturated rings. The van der Waals surface area contributed by atoms with E-state index in [4.69, 9.17) is 4.74 Å². The van der Waals surface area contributed by atoms with Gasteiger partial charge in [-0.15, -0.1) is 5.10 Å². The highest BCUT2D eigenvalue weighted by molar-refractivity contribution is 9.10. The van der Waals surface area contributed by atoms with Crippen molar-refractivity contribution in [3.63, 3.8) is 0 Å². The number of nitro groups is 1. The summed E-state index contributed by atoms with van der Waals surface area (Å²) in [6, 6.07) is 5.67. The number of alkyl halides is 3. The quantitative estimate of drug-likeness (QED) is 0.133. The molecule has 3 aromatic heterocycles. The SMILES string of the molecule is CC(Oc1cc(Br)cnc1[N+](=O)[O-])c1cc(F)ccc1-n1nc(C(F)(F)F)cc1Cc1cn(CC2CC2)nn1. The van der Waals surface area contributed by atoms with Crippen LogP contribution >= 0.6 is 15.9 Å². The second-order valence-electron chi connectivity index (χ2n) is 9.18. The molecule has 0 aliphatic heterocycles. The number of pyridine rings is 1. The van der Waals surface area contributed by atoms with Crippen LogP contribution < -0.4 is 4.74 Å². The molecule has 1 aliphatic carbocycles. The summed E-state index contributed by atoms with van der Waals surface area (Å²) in [4.78, 5) is 14.4. The number of ether oxygens (including phenoxy) is 1. The fraction of sp³-hybridized carbons (Fsp3) is 0.333. The molecule has 39 heavy (non-hydrogen) atoms. The van der Waals surface area contributed by atoms with Gasteiger partial charge in [0, 0.05) is 30.8 Å². The van der Waals surface area contributed by atoms with E-state index in [0.29, 0.717) is 22.6 Å². The molecule has 0 spiro atoms. The van der Waals surface area contributed by atoms with Crippen LogP contribution in [0, 0.1) is 21.8 Å². The Labute approximate surface area is 226 Å². The van der Waals surface area contributed by atoms with Crippen molar-refractivity contribution in [2.45, 2.75) is 45.0 Å². The van der Waals surface area contributed by atoms with Gasteiger partial charge in [-0.25, -0.2) is 9.07 Å². The maximum Gasteiger partial charge on any atom is 0.435 e. The first-order valence-corrected chi connectivity index (χ1v) is 12.6. The number of hydrogen-bond acceptors (Lipinski definition) is 7. The Hall–Kier alpha value is -3.88. The highest BCUT2D eigenvalue weighted by atomic mass is 79.9. The fourth-order valence-corrected chi connectivity index (χ4v) is 4.40. The summed E-state index contributed by atoms with van der Waals surface area (Å²) in [5.41, 5.74) is -0.353. The van der Waals surface area contributed by atoms with Gasteiger partial charge in [0.25, 0.3) is 0 Å². The van der Waals surface area contributed by atoms with Crippen molar-refractivity contribution in [1.29, 1.82) is 0 Å². The molecule has 4 aromatic rings. The average molecular weight is 610 g/mol. The number of hydrogen-bond donors (Lipinski definition) is 0. The van der Waals surface area contributed by atoms with Gasteiger partial charge in [-0.2, -0.15) is 18.3 Å². The van der Waals surface area contributed by atoms with E-state index >= 15 is 0 Å². The molecule has 3 heterocycles. The maximum absolute atomic E-state index is 14.4. The Kier molecular flexibility index (Phi) is 7.09. The molecule has 0 N–H and O–H groups in total. The molecular formula is C24H20BrF4N7O3. The lowest BCUT2D eigenvalue weighted by molar-refractivity contribution is -0.390. The van der Waals surface area contributed by atoms with Gasteiger partial charge in [0.15, 0.2) is 11.9 Å². The van der Waals surface area contributed by atoms with E-state index in [-0.39, 0.29) is 29.1 Å². The Morgan fingerprint density at radius 2 is 2.03 bits per heavy atom. The van der Waals surface area contributed by atoms with Crippen LogP contribution in [0.1, 0.15) is 48.5 Å². The number of halogens is 5. The van der Waals surface area contributed by atoms with Gasteiger partial charge in [0.05, 0.1) is 21.5 Å². The molecule has 0 saturated heterocycles. The highest BCUT2D eigenvalue weighted by Gasteiger charge is 2.36. The zero-order valence-corrected chi connectivity index (χ0v) is 21.9. The van der Waals surface area contributed by atoms with Gasteiger partial charge in [0.2, 0.25) is 5.75 Å². The van der Waals surface area contributed by atoms with Crippen LogP contribution in [0.25, 0.3) is 5.69 Å². The predicted octanol–water partition coefficient (Wildman–Crippen LogP) is 5.83. The van der Waals surface area contributed by atoms with Gasteiger partial charge < -0.3 is 14.9 Å². The predicted molar refractivity (Wildman–Crippen MR) is 132 cm³/mol. The first-order chi connectivity index (χ1) is 18.5. The second kappa shape index (κ2) is 10.4. The zero-order valence-electron chi connectivity index (χ0n) is 20.3. The molecule has 15 heteroatoms. The summed E-state index contributed by atoms with van der Waals surface area (Å²) in [6.07, 6.45) is -0.711. The minimum absolute atomic E-state index is 0.0270. The third-order valence-corrected chi connectivity index (χ3v) is 6.53. The lowest BCUT2D eigenvalue weighted by Gasteiger charge is -2.19. The van der Waals surface area contributed by atoms with E-state index in [2.05, 4.69) is 36.3 Å². The highest BCUT2D eigenvalue weighted by Crippen LogP contribution is 2.36. The Morgan fingerprint density at radius 1 is 1.26 bits per heavy atom. The summed E-state index contributed by atoms with van der Waals surface area (Å²) in [7, 11) is 0. The van der Waals surface area contributed by atoms with Crippen LogP contribution in [0.4, 0.5) is 23.4 Å². The molecule has 10 nitrogen and oxygen atoms in total. The molecule has 0 amide bonds. The Morgan fingerprint density at radius 3 is 2.72 bits per heavy atom. The summed E-state index contributed by atoms with van der Waals surface area (Å²) in [5, 5.41) is 23.4. The van der Waals surface area contributed by atoms with Gasteiger partial charge >= 0.3 is 12.0 Å². The molecule has 1 aliphatic rings. The van der Waals surface area contributed by atoms with Gasteiger partial charge in [-0.05, 0) is 75.8 Å². The van der Waals surface area contributed by atoms with Gasteiger partial charge in [0.1, 0.15) is 11.9 Å². The van der Waals surface area contributed by atoms with Crippen LogP contribution in [0.5, 0.6) is 5.75 Å². The lowest BCUT2D eigenvalue weighted by Crippen LogP contribution is -2.13. The zero-order chi connectivity index (χ0) is 27.9. The Bertz CT molecular complexity index is 1530. The van der Waals surface area contributed by atoms with Crippen molar-refractivity contribution in [3.05, 3.63) is 85.8 Å². The minimum Gasteiger partial charge on any atom is -0.478 e. The molecular weight excluding hydrogens is 590 g/mol. The standard InChI is InChI=1S/C24H20BrF4N7O3/c1-13(39-21-6-15(25)10-30-23(21)36(37)38)19-7-16(26)4-5-20(19)35-18(9-22(32-35)24(27,28)29)8-17-12-34(33-31-17)11-14-2-3-14/h4-7,9-10,12-14H,2-3,8,11H2,1H3. The van der Waals surface area contributed by atoms with Crippen LogP contribution in [-0.2, 0) is 19.1 Å². The van der Waals surface area contributed by atoms with Crippen molar-refractivity contribution in [3.8, 4) is 11.4 Å². The molecule has 0 bridgehead atoms. The molecule has 1 atom stereocenters. The molecule has 204 valence electrons. The number of rotatable bonds is 9. The van der Waals surface area contributed by atoms with E-state index in [0.717, 1.165) is 35.7 Å². The van der Waals surface area contributed by atoms with Crippen LogP contribution in [-0.4, -0.2) is 34.7 Å². The lowest BCUT2D eigenvalue weighted by atomic mass is 10.1. The molecule has 1 saturated carbocycles. The second-order valence-corrected chi connectivity index (χ2v) is 10.1. The van der Waals surface area contributed by atoms with E-state index in [9.17, 15) is 27.7 Å². The van der Waals surface area contributed by atoms with E-state index in [1.807, 2.05) is 0 Å². The average Bonchev–Trinajstić information content (AvgIpc) is 3.39. The molecule has 5 rings (SSSR count). The van der Waals surface area contributed by atoms with Crippen molar-refractivity contribution in [2.75, 3.05) is 0 Å². The smallest absolute Gasteiger partial charge is 0.435 e. The molecule has 1 unspecified atom stereocenters. The minimum atomic E-state index is -4.74.